The largest absolute Gasteiger partial charge is 0.477 e. The SMILES string of the molecule is Nc1nc(Cc2cccnc2)ncc1C(=O)O. The summed E-state index contributed by atoms with van der Waals surface area (Å²) in [5.41, 5.74) is 6.38. The minimum Gasteiger partial charge on any atom is -0.477 e. The Labute approximate surface area is 97.2 Å². The fourth-order valence-electron chi connectivity index (χ4n) is 1.37. The summed E-state index contributed by atoms with van der Waals surface area (Å²) in [6, 6.07) is 3.70. The van der Waals surface area contributed by atoms with Gasteiger partial charge in [-0.3, -0.25) is 4.98 Å². The zero-order chi connectivity index (χ0) is 12.3. The van der Waals surface area contributed by atoms with Crippen LogP contribution in [0.25, 0.3) is 0 Å². The molecule has 0 bridgehead atoms. The zero-order valence-electron chi connectivity index (χ0n) is 8.87. The van der Waals surface area contributed by atoms with Gasteiger partial charge in [-0.15, -0.1) is 0 Å². The van der Waals surface area contributed by atoms with Crippen molar-refractivity contribution >= 4 is 11.8 Å². The molecule has 0 spiro atoms. The molecule has 0 amide bonds. The lowest BCUT2D eigenvalue weighted by Crippen LogP contribution is -2.08. The van der Waals surface area contributed by atoms with E-state index in [-0.39, 0.29) is 11.4 Å². The maximum atomic E-state index is 10.7. The first-order valence-electron chi connectivity index (χ1n) is 4.90. The van der Waals surface area contributed by atoms with Gasteiger partial charge in [0.2, 0.25) is 0 Å². The number of anilines is 1. The van der Waals surface area contributed by atoms with Crippen molar-refractivity contribution in [3.05, 3.63) is 47.7 Å². The minimum absolute atomic E-state index is 0.0219. The Morgan fingerprint density at radius 3 is 2.82 bits per heavy atom. The van der Waals surface area contributed by atoms with E-state index in [9.17, 15) is 4.79 Å². The zero-order valence-corrected chi connectivity index (χ0v) is 8.87. The van der Waals surface area contributed by atoms with Crippen molar-refractivity contribution in [3.8, 4) is 0 Å². The molecule has 0 saturated heterocycles. The van der Waals surface area contributed by atoms with Crippen molar-refractivity contribution in [2.45, 2.75) is 6.42 Å². The summed E-state index contributed by atoms with van der Waals surface area (Å²) in [5.74, 6) is -0.678. The standard InChI is InChI=1S/C11H10N4O2/c12-10-8(11(16)17)6-14-9(15-10)4-7-2-1-3-13-5-7/h1-3,5-6H,4H2,(H,16,17)(H2,12,14,15). The number of nitrogen functional groups attached to an aromatic ring is 1. The molecule has 6 nitrogen and oxygen atoms in total. The number of aromatic carboxylic acids is 1. The van der Waals surface area contributed by atoms with Gasteiger partial charge in [-0.25, -0.2) is 14.8 Å². The molecule has 2 heterocycles. The summed E-state index contributed by atoms with van der Waals surface area (Å²) in [7, 11) is 0. The molecule has 0 aliphatic heterocycles. The predicted molar refractivity (Wildman–Crippen MR) is 60.4 cm³/mol. The first-order valence-corrected chi connectivity index (χ1v) is 4.90. The topological polar surface area (TPSA) is 102 Å². The van der Waals surface area contributed by atoms with Crippen molar-refractivity contribution < 1.29 is 9.90 Å². The van der Waals surface area contributed by atoms with Crippen LogP contribution >= 0.6 is 0 Å². The summed E-state index contributed by atoms with van der Waals surface area (Å²) in [4.78, 5) is 22.6. The highest BCUT2D eigenvalue weighted by molar-refractivity contribution is 5.92. The Hall–Kier alpha value is -2.50. The van der Waals surface area contributed by atoms with E-state index in [1.165, 1.54) is 6.20 Å². The van der Waals surface area contributed by atoms with Crippen LogP contribution in [-0.2, 0) is 6.42 Å². The van der Waals surface area contributed by atoms with Crippen molar-refractivity contribution in [3.63, 3.8) is 0 Å². The van der Waals surface area contributed by atoms with Gasteiger partial charge in [-0.2, -0.15) is 0 Å². The van der Waals surface area contributed by atoms with Crippen LogP contribution in [0.4, 0.5) is 5.82 Å². The number of carbonyl (C=O) groups is 1. The van der Waals surface area contributed by atoms with Crippen LogP contribution in [0, 0.1) is 0 Å². The molecule has 0 atom stereocenters. The Morgan fingerprint density at radius 1 is 1.41 bits per heavy atom. The van der Waals surface area contributed by atoms with Gasteiger partial charge < -0.3 is 10.8 Å². The highest BCUT2D eigenvalue weighted by Gasteiger charge is 2.10. The van der Waals surface area contributed by atoms with Gasteiger partial charge >= 0.3 is 5.97 Å². The maximum absolute atomic E-state index is 10.7. The van der Waals surface area contributed by atoms with Crippen molar-refractivity contribution in [1.82, 2.24) is 15.0 Å². The second-order valence-corrected chi connectivity index (χ2v) is 3.43. The van der Waals surface area contributed by atoms with Crippen molar-refractivity contribution in [2.75, 3.05) is 5.73 Å². The Bertz CT molecular complexity index is 542. The monoisotopic (exact) mass is 230 g/mol. The lowest BCUT2D eigenvalue weighted by Gasteiger charge is -2.03. The third-order valence-corrected chi connectivity index (χ3v) is 2.18. The Morgan fingerprint density at radius 2 is 2.24 bits per heavy atom. The highest BCUT2D eigenvalue weighted by Crippen LogP contribution is 2.10. The molecule has 17 heavy (non-hydrogen) atoms. The van der Waals surface area contributed by atoms with Gasteiger partial charge in [0.25, 0.3) is 0 Å². The van der Waals surface area contributed by atoms with Crippen LogP contribution in [0.5, 0.6) is 0 Å². The van der Waals surface area contributed by atoms with Crippen LogP contribution in [-0.4, -0.2) is 26.0 Å². The van der Waals surface area contributed by atoms with E-state index in [4.69, 9.17) is 10.8 Å². The number of nitrogens with zero attached hydrogens (tertiary/aromatic N) is 3. The van der Waals surface area contributed by atoms with Crippen LogP contribution in [0.3, 0.4) is 0 Å². The molecule has 2 aromatic rings. The first kappa shape index (κ1) is 11.0. The second kappa shape index (κ2) is 4.56. The molecule has 0 aliphatic carbocycles. The Balaban J connectivity index is 2.24. The van der Waals surface area contributed by atoms with Crippen LogP contribution in [0.2, 0.25) is 0 Å². The molecule has 0 aliphatic rings. The van der Waals surface area contributed by atoms with Crippen LogP contribution < -0.4 is 5.73 Å². The van der Waals surface area contributed by atoms with Crippen molar-refractivity contribution in [1.29, 1.82) is 0 Å². The summed E-state index contributed by atoms with van der Waals surface area (Å²) in [6.45, 7) is 0. The fourth-order valence-corrected chi connectivity index (χ4v) is 1.37. The summed E-state index contributed by atoms with van der Waals surface area (Å²) in [6.07, 6.45) is 5.06. The Kier molecular flexibility index (Phi) is 2.95. The van der Waals surface area contributed by atoms with E-state index in [1.54, 1.807) is 12.4 Å². The molecule has 0 aromatic carbocycles. The molecule has 0 saturated carbocycles. The number of hydrogen-bond donors (Lipinski definition) is 2. The van der Waals surface area contributed by atoms with Gasteiger partial charge in [0.05, 0.1) is 0 Å². The lowest BCUT2D eigenvalue weighted by atomic mass is 10.2. The third-order valence-electron chi connectivity index (χ3n) is 2.18. The highest BCUT2D eigenvalue weighted by atomic mass is 16.4. The van der Waals surface area contributed by atoms with E-state index in [1.807, 2.05) is 12.1 Å². The number of hydrogen-bond acceptors (Lipinski definition) is 5. The van der Waals surface area contributed by atoms with Crippen LogP contribution in [0.1, 0.15) is 21.7 Å². The summed E-state index contributed by atoms with van der Waals surface area (Å²) in [5, 5.41) is 8.78. The predicted octanol–water partition coefficient (Wildman–Crippen LogP) is 0.743. The molecule has 3 N–H and O–H groups in total. The molecule has 0 radical (unpaired) electrons. The summed E-state index contributed by atoms with van der Waals surface area (Å²) < 4.78 is 0. The van der Waals surface area contributed by atoms with Gasteiger partial charge in [0.15, 0.2) is 0 Å². The van der Waals surface area contributed by atoms with E-state index < -0.39 is 5.97 Å². The molecule has 0 unspecified atom stereocenters. The first-order chi connectivity index (χ1) is 8.16. The van der Waals surface area contributed by atoms with Crippen LogP contribution in [0.15, 0.2) is 30.7 Å². The molecule has 86 valence electrons. The molecule has 6 heteroatoms. The second-order valence-electron chi connectivity index (χ2n) is 3.43. The van der Waals surface area contributed by atoms with Gasteiger partial charge in [-0.05, 0) is 11.6 Å². The fraction of sp³-hybridized carbons (Fsp3) is 0.0909. The number of aromatic nitrogens is 3. The average Bonchev–Trinajstić information content (AvgIpc) is 2.30. The van der Waals surface area contributed by atoms with E-state index in [0.29, 0.717) is 12.2 Å². The molecule has 0 fully saturated rings. The van der Waals surface area contributed by atoms with E-state index in [0.717, 1.165) is 5.56 Å². The smallest absolute Gasteiger partial charge is 0.341 e. The van der Waals surface area contributed by atoms with Gasteiger partial charge in [-0.1, -0.05) is 6.07 Å². The number of carboxylic acids is 1. The van der Waals surface area contributed by atoms with E-state index in [2.05, 4.69) is 15.0 Å². The van der Waals surface area contributed by atoms with Gasteiger partial charge in [0, 0.05) is 25.0 Å². The van der Waals surface area contributed by atoms with Gasteiger partial charge in [0.1, 0.15) is 17.2 Å². The maximum Gasteiger partial charge on any atom is 0.341 e. The summed E-state index contributed by atoms with van der Waals surface area (Å²) >= 11 is 0. The number of nitrogens with two attached hydrogens (primary N) is 1. The quantitative estimate of drug-likeness (QED) is 0.806. The third kappa shape index (κ3) is 2.54. The number of pyridine rings is 1. The number of rotatable bonds is 3. The number of carboxylic acid groups (broad SMARTS) is 1. The molecule has 2 aromatic heterocycles. The average molecular weight is 230 g/mol. The normalized spacial score (nSPS) is 10.1. The molecular weight excluding hydrogens is 220 g/mol. The molecule has 2 rings (SSSR count). The molecular formula is C11H10N4O2. The van der Waals surface area contributed by atoms with Crippen molar-refractivity contribution in [2.24, 2.45) is 0 Å². The minimum atomic E-state index is -1.13. The van der Waals surface area contributed by atoms with E-state index >= 15 is 0 Å². The lowest BCUT2D eigenvalue weighted by molar-refractivity contribution is 0.0697.